The molecule has 3 rings (SSSR count). The second kappa shape index (κ2) is 12.2. The standard InChI is InChI=1S/C28H42ClNO6S/c1-7-9-19-25(33)16(2)10-8-11-28(6)23(36-28)13-21(20(29)12-18-15-37-17(3)30-18)35-24(32)14-22(31)27(4,5)26(19)34/h12,15-16,19,21-23,25,31,33H,7-11,13-14H2,1-6H3/b20-12-/t16-,19-,21+,22+,23-,25+,28+/m1/s1. The molecule has 0 aliphatic carbocycles. The zero-order valence-electron chi connectivity index (χ0n) is 22.8. The van der Waals surface area contributed by atoms with E-state index in [4.69, 9.17) is 21.1 Å². The number of ketones is 1. The van der Waals surface area contributed by atoms with Crippen LogP contribution in [0.15, 0.2) is 10.4 Å². The first kappa shape index (κ1) is 30.2. The first-order valence-corrected chi connectivity index (χ1v) is 14.6. The summed E-state index contributed by atoms with van der Waals surface area (Å²) in [6.45, 7) is 11.2. The molecule has 2 N–H and O–H groups in total. The Hall–Kier alpha value is -1.32. The predicted molar refractivity (Wildman–Crippen MR) is 145 cm³/mol. The molecule has 2 aliphatic rings. The molecule has 0 amide bonds. The predicted octanol–water partition coefficient (Wildman–Crippen LogP) is 5.43. The molecule has 0 bridgehead atoms. The molecule has 37 heavy (non-hydrogen) atoms. The van der Waals surface area contributed by atoms with Gasteiger partial charge in [-0.15, -0.1) is 11.3 Å². The molecule has 2 fully saturated rings. The van der Waals surface area contributed by atoms with Gasteiger partial charge in [0.2, 0.25) is 0 Å². The Labute approximate surface area is 229 Å². The number of aliphatic hydroxyl groups is 2. The lowest BCUT2D eigenvalue weighted by Crippen LogP contribution is -2.46. The summed E-state index contributed by atoms with van der Waals surface area (Å²) in [5.41, 5.74) is -0.903. The summed E-state index contributed by atoms with van der Waals surface area (Å²) in [4.78, 5) is 31.0. The second-order valence-electron chi connectivity index (χ2n) is 11.5. The first-order valence-electron chi connectivity index (χ1n) is 13.4. The summed E-state index contributed by atoms with van der Waals surface area (Å²) in [5, 5.41) is 25.3. The fourth-order valence-corrected chi connectivity index (χ4v) is 6.09. The molecule has 1 aromatic heterocycles. The first-order chi connectivity index (χ1) is 17.3. The number of hydrogen-bond acceptors (Lipinski definition) is 8. The van der Waals surface area contributed by atoms with Crippen LogP contribution in [-0.2, 0) is 19.1 Å². The minimum Gasteiger partial charge on any atom is -0.456 e. The zero-order valence-corrected chi connectivity index (χ0v) is 24.4. The summed E-state index contributed by atoms with van der Waals surface area (Å²) in [7, 11) is 0. The highest BCUT2D eigenvalue weighted by Crippen LogP contribution is 2.45. The molecule has 0 saturated carbocycles. The maximum absolute atomic E-state index is 13.6. The fraction of sp³-hybridized carbons (Fsp3) is 0.750. The van der Waals surface area contributed by atoms with Crippen LogP contribution in [0.5, 0.6) is 0 Å². The number of aryl methyl sites for hydroxylation is 1. The van der Waals surface area contributed by atoms with Gasteiger partial charge in [0, 0.05) is 17.7 Å². The number of epoxide rings is 1. The number of ether oxygens (including phenoxy) is 2. The Bertz CT molecular complexity index is 993. The summed E-state index contributed by atoms with van der Waals surface area (Å²) in [6, 6.07) is 0. The Kier molecular flexibility index (Phi) is 10.0. The van der Waals surface area contributed by atoms with Crippen LogP contribution >= 0.6 is 22.9 Å². The van der Waals surface area contributed by atoms with Gasteiger partial charge in [-0.25, -0.2) is 4.98 Å². The maximum Gasteiger partial charge on any atom is 0.309 e. The number of aliphatic hydroxyl groups excluding tert-OH is 2. The summed E-state index contributed by atoms with van der Waals surface area (Å²) >= 11 is 8.15. The minimum atomic E-state index is -1.27. The van der Waals surface area contributed by atoms with Gasteiger partial charge in [0.05, 0.1) is 51.5 Å². The van der Waals surface area contributed by atoms with Crippen molar-refractivity contribution in [2.24, 2.45) is 17.3 Å². The van der Waals surface area contributed by atoms with Crippen LogP contribution in [-0.4, -0.2) is 57.0 Å². The lowest BCUT2D eigenvalue weighted by molar-refractivity contribution is -0.154. The number of nitrogens with zero attached hydrogens (tertiary/aromatic N) is 1. The Balaban J connectivity index is 1.88. The van der Waals surface area contributed by atoms with E-state index in [-0.39, 0.29) is 29.8 Å². The number of thiazole rings is 1. The van der Waals surface area contributed by atoms with Gasteiger partial charge in [0.1, 0.15) is 11.9 Å². The van der Waals surface area contributed by atoms with E-state index >= 15 is 0 Å². The Morgan fingerprint density at radius 3 is 2.62 bits per heavy atom. The van der Waals surface area contributed by atoms with E-state index < -0.39 is 35.6 Å². The fourth-order valence-electron chi connectivity index (χ4n) is 5.27. The molecular weight excluding hydrogens is 514 g/mol. The number of rotatable bonds is 4. The molecule has 0 radical (unpaired) electrons. The molecule has 9 heteroatoms. The van der Waals surface area contributed by atoms with Crippen LogP contribution in [0.2, 0.25) is 0 Å². The largest absolute Gasteiger partial charge is 0.456 e. The van der Waals surface area contributed by atoms with Crippen molar-refractivity contribution in [3.63, 3.8) is 0 Å². The third-order valence-corrected chi connectivity index (χ3v) is 9.20. The van der Waals surface area contributed by atoms with Crippen molar-refractivity contribution < 1.29 is 29.3 Å². The Morgan fingerprint density at radius 2 is 2.00 bits per heavy atom. The van der Waals surface area contributed by atoms with Gasteiger partial charge in [0.15, 0.2) is 0 Å². The molecule has 2 saturated heterocycles. The molecule has 1 aromatic rings. The number of esters is 1. The van der Waals surface area contributed by atoms with Crippen LogP contribution < -0.4 is 0 Å². The highest BCUT2D eigenvalue weighted by molar-refractivity contribution is 7.09. The average molecular weight is 556 g/mol. The van der Waals surface area contributed by atoms with Crippen molar-refractivity contribution in [2.45, 2.75) is 117 Å². The number of carbonyl (C=O) groups is 2. The summed E-state index contributed by atoms with van der Waals surface area (Å²) in [6.07, 6.45) is 2.38. The van der Waals surface area contributed by atoms with Crippen LogP contribution in [0, 0.1) is 24.2 Å². The van der Waals surface area contributed by atoms with Crippen molar-refractivity contribution in [1.29, 1.82) is 0 Å². The van der Waals surface area contributed by atoms with Gasteiger partial charge in [-0.05, 0) is 45.1 Å². The average Bonchev–Trinajstić information content (AvgIpc) is 3.27. The van der Waals surface area contributed by atoms with Gasteiger partial charge in [-0.3, -0.25) is 9.59 Å². The number of Topliss-reactive ketones (excluding diaryl/α,β-unsaturated/α-hetero) is 1. The maximum atomic E-state index is 13.6. The molecule has 0 unspecified atom stereocenters. The SMILES string of the molecule is CCC[C@H]1C(=O)C(C)(C)[C@@H](O)CC(=O)O[C@H](/C(Cl)=C/c2csc(C)n2)C[C@H]2O[C@@]2(C)CCC[C@@H](C)[C@@H]1O. The lowest BCUT2D eigenvalue weighted by atomic mass is 9.71. The van der Waals surface area contributed by atoms with Crippen molar-refractivity contribution in [1.82, 2.24) is 4.98 Å². The zero-order chi connectivity index (χ0) is 27.5. The number of fused-ring (bicyclic) bond motifs is 1. The van der Waals surface area contributed by atoms with Crippen LogP contribution in [0.25, 0.3) is 6.08 Å². The van der Waals surface area contributed by atoms with Gasteiger partial charge < -0.3 is 19.7 Å². The minimum absolute atomic E-state index is 0.0844. The van der Waals surface area contributed by atoms with Crippen LogP contribution in [0.3, 0.4) is 0 Å². The van der Waals surface area contributed by atoms with E-state index in [1.807, 2.05) is 33.1 Å². The molecule has 0 spiro atoms. The number of carbonyl (C=O) groups excluding carboxylic acids is 2. The van der Waals surface area contributed by atoms with Crippen molar-refractivity contribution >= 4 is 40.8 Å². The quantitative estimate of drug-likeness (QED) is 0.376. The monoisotopic (exact) mass is 555 g/mol. The number of halogens is 1. The van der Waals surface area contributed by atoms with E-state index in [0.29, 0.717) is 23.6 Å². The Morgan fingerprint density at radius 1 is 1.30 bits per heavy atom. The summed E-state index contributed by atoms with van der Waals surface area (Å²) in [5.74, 6) is -1.57. The van der Waals surface area contributed by atoms with E-state index in [9.17, 15) is 19.8 Å². The third kappa shape index (κ3) is 7.41. The van der Waals surface area contributed by atoms with E-state index in [0.717, 1.165) is 30.7 Å². The van der Waals surface area contributed by atoms with Gasteiger partial charge in [-0.1, -0.05) is 52.1 Å². The van der Waals surface area contributed by atoms with Crippen molar-refractivity contribution in [2.75, 3.05) is 0 Å². The smallest absolute Gasteiger partial charge is 0.309 e. The number of hydrogen-bond donors (Lipinski definition) is 2. The van der Waals surface area contributed by atoms with E-state index in [2.05, 4.69) is 4.98 Å². The topological polar surface area (TPSA) is 109 Å². The molecule has 7 atom stereocenters. The normalized spacial score (nSPS) is 36.1. The molecular formula is C28H42ClNO6S. The van der Waals surface area contributed by atoms with Gasteiger partial charge in [0.25, 0.3) is 0 Å². The lowest BCUT2D eigenvalue weighted by Gasteiger charge is -2.36. The van der Waals surface area contributed by atoms with Gasteiger partial charge in [-0.2, -0.15) is 0 Å². The molecule has 0 aromatic carbocycles. The highest BCUT2D eigenvalue weighted by atomic mass is 35.5. The highest BCUT2D eigenvalue weighted by Gasteiger charge is 2.53. The van der Waals surface area contributed by atoms with Gasteiger partial charge >= 0.3 is 5.97 Å². The van der Waals surface area contributed by atoms with Crippen LogP contribution in [0.4, 0.5) is 0 Å². The van der Waals surface area contributed by atoms with E-state index in [1.54, 1.807) is 19.9 Å². The molecule has 7 nitrogen and oxygen atoms in total. The van der Waals surface area contributed by atoms with Crippen LogP contribution in [0.1, 0.15) is 90.3 Å². The number of cyclic esters (lactones) is 1. The van der Waals surface area contributed by atoms with Crippen molar-refractivity contribution in [3.8, 4) is 0 Å². The molecule has 2 aliphatic heterocycles. The third-order valence-electron chi connectivity index (χ3n) is 8.06. The molecule has 3 heterocycles. The summed E-state index contributed by atoms with van der Waals surface area (Å²) < 4.78 is 11.8. The number of aromatic nitrogens is 1. The van der Waals surface area contributed by atoms with E-state index in [1.165, 1.54) is 11.3 Å². The van der Waals surface area contributed by atoms with Crippen molar-refractivity contribution in [3.05, 3.63) is 21.1 Å². The molecule has 208 valence electrons. The second-order valence-corrected chi connectivity index (χ2v) is 13.0.